The second-order valence-electron chi connectivity index (χ2n) is 7.10. The lowest BCUT2D eigenvalue weighted by atomic mass is 10.1. The third kappa shape index (κ3) is 5.32. The fourth-order valence-electron chi connectivity index (χ4n) is 3.19. The van der Waals surface area contributed by atoms with Crippen LogP contribution in [0.4, 0.5) is 0 Å². The predicted molar refractivity (Wildman–Crippen MR) is 112 cm³/mol. The molecule has 0 aliphatic carbocycles. The Morgan fingerprint density at radius 2 is 1.75 bits per heavy atom. The van der Waals surface area contributed by atoms with Crippen LogP contribution < -0.4 is 0 Å². The summed E-state index contributed by atoms with van der Waals surface area (Å²) < 4.78 is 5.84. The second kappa shape index (κ2) is 9.88. The molecule has 0 aliphatic rings. The molecular weight excluding hydrogens is 348 g/mol. The van der Waals surface area contributed by atoms with Crippen LogP contribution in [0.2, 0.25) is 0 Å². The van der Waals surface area contributed by atoms with Gasteiger partial charge in [0.1, 0.15) is 0 Å². The smallest absolute Gasteiger partial charge is 0.223 e. The Bertz CT molecular complexity index is 859. The maximum absolute atomic E-state index is 12.8. The number of benzene rings is 2. The SMILES string of the molecule is CCC(C)N(Cc1ccccc1)C(=O)CCCc1ncc(-c2ccccc2)o1. The highest BCUT2D eigenvalue weighted by Gasteiger charge is 2.19. The number of aromatic nitrogens is 1. The molecule has 0 fully saturated rings. The Kier molecular flexibility index (Phi) is 7.01. The minimum atomic E-state index is 0.188. The number of carbonyl (C=O) groups is 1. The number of rotatable bonds is 9. The molecule has 0 saturated heterocycles. The lowest BCUT2D eigenvalue weighted by Crippen LogP contribution is -2.37. The maximum atomic E-state index is 12.8. The van der Waals surface area contributed by atoms with Crippen LogP contribution in [-0.4, -0.2) is 21.8 Å². The van der Waals surface area contributed by atoms with Crippen LogP contribution in [-0.2, 0) is 17.8 Å². The van der Waals surface area contributed by atoms with E-state index in [0.717, 1.165) is 29.7 Å². The van der Waals surface area contributed by atoms with Gasteiger partial charge in [0, 0.05) is 31.0 Å². The van der Waals surface area contributed by atoms with Crippen molar-refractivity contribution in [1.29, 1.82) is 0 Å². The molecule has 0 N–H and O–H groups in total. The normalized spacial score (nSPS) is 11.9. The van der Waals surface area contributed by atoms with Gasteiger partial charge in [-0.15, -0.1) is 0 Å². The fourth-order valence-corrected chi connectivity index (χ4v) is 3.19. The maximum Gasteiger partial charge on any atom is 0.223 e. The summed E-state index contributed by atoms with van der Waals surface area (Å²) in [5.41, 5.74) is 2.18. The molecule has 0 saturated carbocycles. The van der Waals surface area contributed by atoms with Gasteiger partial charge in [0.15, 0.2) is 11.7 Å². The molecule has 146 valence electrons. The zero-order valence-electron chi connectivity index (χ0n) is 16.7. The quantitative estimate of drug-likeness (QED) is 0.496. The molecule has 3 aromatic rings. The Hall–Kier alpha value is -2.88. The van der Waals surface area contributed by atoms with E-state index in [1.165, 1.54) is 0 Å². The van der Waals surface area contributed by atoms with Crippen LogP contribution in [0.3, 0.4) is 0 Å². The summed E-state index contributed by atoms with van der Waals surface area (Å²) in [5.74, 6) is 1.64. The molecule has 0 bridgehead atoms. The van der Waals surface area contributed by atoms with E-state index >= 15 is 0 Å². The monoisotopic (exact) mass is 376 g/mol. The standard InChI is InChI=1S/C24H28N2O2/c1-3-19(2)26(18-20-11-6-4-7-12-20)24(27)16-10-15-23-25-17-22(28-23)21-13-8-5-9-14-21/h4-9,11-14,17,19H,3,10,15-16,18H2,1-2H3. The van der Waals surface area contributed by atoms with Crippen molar-refractivity contribution in [2.75, 3.05) is 0 Å². The van der Waals surface area contributed by atoms with Gasteiger partial charge in [-0.3, -0.25) is 4.79 Å². The minimum absolute atomic E-state index is 0.188. The van der Waals surface area contributed by atoms with E-state index in [4.69, 9.17) is 4.42 Å². The molecule has 2 aromatic carbocycles. The van der Waals surface area contributed by atoms with E-state index in [1.807, 2.05) is 53.4 Å². The molecule has 1 aromatic heterocycles. The molecule has 4 nitrogen and oxygen atoms in total. The Balaban J connectivity index is 1.55. The van der Waals surface area contributed by atoms with Crippen molar-refractivity contribution in [3.63, 3.8) is 0 Å². The van der Waals surface area contributed by atoms with Crippen LogP contribution in [0.25, 0.3) is 11.3 Å². The third-order valence-electron chi connectivity index (χ3n) is 5.03. The lowest BCUT2D eigenvalue weighted by molar-refractivity contribution is -0.134. The molecular formula is C24H28N2O2. The number of nitrogens with zero attached hydrogens (tertiary/aromatic N) is 2. The first kappa shape index (κ1) is 19.9. The molecule has 4 heteroatoms. The molecule has 0 spiro atoms. The Morgan fingerprint density at radius 1 is 1.07 bits per heavy atom. The average molecular weight is 377 g/mol. The Labute approximate surface area is 167 Å². The number of amides is 1. The zero-order valence-corrected chi connectivity index (χ0v) is 16.7. The fraction of sp³-hybridized carbons (Fsp3) is 0.333. The van der Waals surface area contributed by atoms with Crippen LogP contribution in [0.5, 0.6) is 0 Å². The van der Waals surface area contributed by atoms with Crippen molar-refractivity contribution in [2.45, 2.75) is 52.1 Å². The van der Waals surface area contributed by atoms with Crippen molar-refractivity contribution in [3.05, 3.63) is 78.3 Å². The Morgan fingerprint density at radius 3 is 2.43 bits per heavy atom. The first-order valence-electron chi connectivity index (χ1n) is 10.0. The van der Waals surface area contributed by atoms with Crippen molar-refractivity contribution >= 4 is 5.91 Å². The van der Waals surface area contributed by atoms with E-state index in [2.05, 4.69) is 31.0 Å². The molecule has 1 amide bonds. The van der Waals surface area contributed by atoms with Crippen LogP contribution in [0, 0.1) is 0 Å². The topological polar surface area (TPSA) is 46.3 Å². The number of oxazole rings is 1. The number of hydrogen-bond donors (Lipinski definition) is 0. The number of hydrogen-bond acceptors (Lipinski definition) is 3. The molecule has 28 heavy (non-hydrogen) atoms. The van der Waals surface area contributed by atoms with Crippen molar-refractivity contribution < 1.29 is 9.21 Å². The summed E-state index contributed by atoms with van der Waals surface area (Å²) in [7, 11) is 0. The first-order valence-corrected chi connectivity index (χ1v) is 10.0. The van der Waals surface area contributed by atoms with Crippen molar-refractivity contribution in [2.24, 2.45) is 0 Å². The van der Waals surface area contributed by atoms with Crippen LogP contribution in [0.1, 0.15) is 44.6 Å². The second-order valence-corrected chi connectivity index (χ2v) is 7.10. The largest absolute Gasteiger partial charge is 0.441 e. The summed E-state index contributed by atoms with van der Waals surface area (Å²) in [5, 5.41) is 0. The predicted octanol–water partition coefficient (Wildman–Crippen LogP) is 5.49. The molecule has 1 unspecified atom stereocenters. The summed E-state index contributed by atoms with van der Waals surface area (Å²) in [6, 6.07) is 20.3. The average Bonchev–Trinajstić information content (AvgIpc) is 3.21. The van der Waals surface area contributed by atoms with E-state index in [1.54, 1.807) is 6.20 Å². The van der Waals surface area contributed by atoms with Gasteiger partial charge in [-0.1, -0.05) is 67.6 Å². The number of aryl methyl sites for hydroxylation is 1. The van der Waals surface area contributed by atoms with E-state index < -0.39 is 0 Å². The van der Waals surface area contributed by atoms with Gasteiger partial charge in [0.05, 0.1) is 6.20 Å². The third-order valence-corrected chi connectivity index (χ3v) is 5.03. The van der Waals surface area contributed by atoms with Gasteiger partial charge < -0.3 is 9.32 Å². The summed E-state index contributed by atoms with van der Waals surface area (Å²) in [6.07, 6.45) is 4.60. The molecule has 0 radical (unpaired) electrons. The van der Waals surface area contributed by atoms with E-state index in [-0.39, 0.29) is 11.9 Å². The molecule has 0 aliphatic heterocycles. The van der Waals surface area contributed by atoms with Crippen LogP contribution in [0.15, 0.2) is 71.3 Å². The minimum Gasteiger partial charge on any atom is -0.441 e. The molecule has 3 rings (SSSR count). The van der Waals surface area contributed by atoms with E-state index in [9.17, 15) is 4.79 Å². The summed E-state index contributed by atoms with van der Waals surface area (Å²) in [6.45, 7) is 4.89. The van der Waals surface area contributed by atoms with Gasteiger partial charge in [-0.25, -0.2) is 4.98 Å². The summed E-state index contributed by atoms with van der Waals surface area (Å²) in [4.78, 5) is 19.2. The highest BCUT2D eigenvalue weighted by atomic mass is 16.4. The van der Waals surface area contributed by atoms with Crippen molar-refractivity contribution in [1.82, 2.24) is 9.88 Å². The number of carbonyl (C=O) groups excluding carboxylic acids is 1. The van der Waals surface area contributed by atoms with Gasteiger partial charge >= 0.3 is 0 Å². The lowest BCUT2D eigenvalue weighted by Gasteiger charge is -2.29. The zero-order chi connectivity index (χ0) is 19.8. The first-order chi connectivity index (χ1) is 13.7. The summed E-state index contributed by atoms with van der Waals surface area (Å²) >= 11 is 0. The van der Waals surface area contributed by atoms with Gasteiger partial charge in [-0.05, 0) is 25.3 Å². The van der Waals surface area contributed by atoms with Gasteiger partial charge in [0.25, 0.3) is 0 Å². The molecule has 1 atom stereocenters. The van der Waals surface area contributed by atoms with Gasteiger partial charge in [0.2, 0.25) is 5.91 Å². The van der Waals surface area contributed by atoms with Crippen LogP contribution >= 0.6 is 0 Å². The molecule has 1 heterocycles. The highest BCUT2D eigenvalue weighted by molar-refractivity contribution is 5.76. The van der Waals surface area contributed by atoms with Gasteiger partial charge in [-0.2, -0.15) is 0 Å². The highest BCUT2D eigenvalue weighted by Crippen LogP contribution is 2.21. The van der Waals surface area contributed by atoms with E-state index in [0.29, 0.717) is 25.3 Å². The van der Waals surface area contributed by atoms with Crippen molar-refractivity contribution in [3.8, 4) is 11.3 Å².